The summed E-state index contributed by atoms with van der Waals surface area (Å²) in [7, 11) is 0. The summed E-state index contributed by atoms with van der Waals surface area (Å²) >= 11 is 6.22. The summed E-state index contributed by atoms with van der Waals surface area (Å²) in [6, 6.07) is 6.34. The second kappa shape index (κ2) is 4.08. The summed E-state index contributed by atoms with van der Waals surface area (Å²) in [6.07, 6.45) is 4.93. The molecule has 1 aliphatic rings. The summed E-state index contributed by atoms with van der Waals surface area (Å²) in [6.45, 7) is 3.06. The van der Waals surface area contributed by atoms with Crippen molar-refractivity contribution in [3.63, 3.8) is 0 Å². The average Bonchev–Trinajstić information content (AvgIpc) is 2.86. The molecule has 3 rings (SSSR count). The molecule has 17 heavy (non-hydrogen) atoms. The fraction of sp³-hybridized carbons (Fsp3) is 0.308. The lowest BCUT2D eigenvalue weighted by Gasteiger charge is -2.14. The van der Waals surface area contributed by atoms with Gasteiger partial charge >= 0.3 is 0 Å². The van der Waals surface area contributed by atoms with Crippen molar-refractivity contribution in [2.24, 2.45) is 0 Å². The van der Waals surface area contributed by atoms with Crippen LogP contribution in [0.4, 0.5) is 5.69 Å². The fourth-order valence-electron chi connectivity index (χ4n) is 2.28. The van der Waals surface area contributed by atoms with Crippen LogP contribution in [0.3, 0.4) is 0 Å². The van der Waals surface area contributed by atoms with Gasteiger partial charge in [-0.05, 0) is 31.0 Å². The molecule has 1 aliphatic heterocycles. The molecule has 2 heterocycles. The Morgan fingerprint density at radius 1 is 1.47 bits per heavy atom. The molecule has 4 heteroatoms. The molecule has 88 valence electrons. The number of benzene rings is 1. The average molecular weight is 248 g/mol. The molecule has 0 aliphatic carbocycles. The van der Waals surface area contributed by atoms with Gasteiger partial charge < -0.3 is 9.88 Å². The van der Waals surface area contributed by atoms with Gasteiger partial charge in [-0.15, -0.1) is 0 Å². The molecular weight excluding hydrogens is 234 g/mol. The highest BCUT2D eigenvalue weighted by molar-refractivity contribution is 6.33. The van der Waals surface area contributed by atoms with Gasteiger partial charge in [-0.2, -0.15) is 0 Å². The van der Waals surface area contributed by atoms with Crippen LogP contribution < -0.4 is 5.32 Å². The van der Waals surface area contributed by atoms with E-state index >= 15 is 0 Å². The molecule has 0 bridgehead atoms. The van der Waals surface area contributed by atoms with Gasteiger partial charge in [0.25, 0.3) is 0 Å². The minimum Gasteiger partial charge on any atom is -0.374 e. The lowest BCUT2D eigenvalue weighted by atomic mass is 10.2. The van der Waals surface area contributed by atoms with Crippen molar-refractivity contribution in [1.82, 2.24) is 9.55 Å². The molecule has 2 aromatic rings. The van der Waals surface area contributed by atoms with E-state index in [9.17, 15) is 0 Å². The number of imidazole rings is 1. The topological polar surface area (TPSA) is 29.9 Å². The van der Waals surface area contributed by atoms with Gasteiger partial charge in [-0.25, -0.2) is 4.98 Å². The largest absolute Gasteiger partial charge is 0.374 e. The molecule has 3 nitrogen and oxygen atoms in total. The number of anilines is 1. The second-order valence-electron chi connectivity index (χ2n) is 4.45. The van der Waals surface area contributed by atoms with Crippen LogP contribution in [0, 0.1) is 6.92 Å². The quantitative estimate of drug-likeness (QED) is 0.882. The summed E-state index contributed by atoms with van der Waals surface area (Å²) in [4.78, 5) is 4.38. The third-order valence-electron chi connectivity index (χ3n) is 3.17. The fourth-order valence-corrected chi connectivity index (χ4v) is 2.57. The van der Waals surface area contributed by atoms with Crippen molar-refractivity contribution in [3.05, 3.63) is 47.0 Å². The van der Waals surface area contributed by atoms with Gasteiger partial charge in [0.2, 0.25) is 0 Å². The second-order valence-corrected chi connectivity index (χ2v) is 4.85. The van der Waals surface area contributed by atoms with Crippen molar-refractivity contribution in [2.45, 2.75) is 25.9 Å². The maximum Gasteiger partial charge on any atom is 0.131 e. The molecule has 1 unspecified atom stereocenters. The van der Waals surface area contributed by atoms with E-state index in [-0.39, 0.29) is 6.04 Å². The smallest absolute Gasteiger partial charge is 0.131 e. The number of nitrogens with one attached hydrogen (secondary N) is 1. The number of hydrogen-bond donors (Lipinski definition) is 1. The van der Waals surface area contributed by atoms with Crippen LogP contribution in [0.5, 0.6) is 0 Å². The molecule has 0 saturated carbocycles. The maximum absolute atomic E-state index is 6.22. The third kappa shape index (κ3) is 1.91. The van der Waals surface area contributed by atoms with Crippen molar-refractivity contribution in [2.75, 3.05) is 5.32 Å². The summed E-state index contributed by atoms with van der Waals surface area (Å²) in [5.74, 6) is 1.10. The van der Waals surface area contributed by atoms with E-state index in [0.717, 1.165) is 29.5 Å². The zero-order chi connectivity index (χ0) is 11.8. The molecule has 0 radical (unpaired) electrons. The van der Waals surface area contributed by atoms with Crippen LogP contribution in [0.15, 0.2) is 30.6 Å². The molecular formula is C13H14ClN3. The minimum absolute atomic E-state index is 0.269. The van der Waals surface area contributed by atoms with Gasteiger partial charge in [0.05, 0.1) is 16.8 Å². The predicted molar refractivity (Wildman–Crippen MR) is 69.4 cm³/mol. The Morgan fingerprint density at radius 3 is 3.18 bits per heavy atom. The van der Waals surface area contributed by atoms with Crippen molar-refractivity contribution < 1.29 is 0 Å². The van der Waals surface area contributed by atoms with Crippen LogP contribution in [-0.4, -0.2) is 9.55 Å². The summed E-state index contributed by atoms with van der Waals surface area (Å²) in [5, 5.41) is 4.24. The molecule has 0 spiro atoms. The van der Waals surface area contributed by atoms with Crippen LogP contribution in [-0.2, 0) is 6.54 Å². The molecule has 1 atom stereocenters. The number of rotatable bonds is 2. The molecule has 1 aromatic heterocycles. The highest BCUT2D eigenvalue weighted by Crippen LogP contribution is 2.31. The highest BCUT2D eigenvalue weighted by atomic mass is 35.5. The Balaban J connectivity index is 1.85. The van der Waals surface area contributed by atoms with E-state index in [1.54, 1.807) is 0 Å². The van der Waals surface area contributed by atoms with Gasteiger partial charge in [-0.3, -0.25) is 0 Å². The highest BCUT2D eigenvalue weighted by Gasteiger charge is 2.23. The van der Waals surface area contributed by atoms with Gasteiger partial charge in [0.15, 0.2) is 0 Å². The molecule has 0 saturated heterocycles. The Morgan fingerprint density at radius 2 is 2.35 bits per heavy atom. The maximum atomic E-state index is 6.22. The molecule has 1 N–H and O–H groups in total. The van der Waals surface area contributed by atoms with E-state index in [4.69, 9.17) is 11.6 Å². The first-order valence-corrected chi connectivity index (χ1v) is 6.15. The zero-order valence-corrected chi connectivity index (χ0v) is 10.4. The number of nitrogens with zero attached hydrogens (tertiary/aromatic N) is 2. The number of hydrogen-bond acceptors (Lipinski definition) is 2. The van der Waals surface area contributed by atoms with Gasteiger partial charge in [-0.1, -0.05) is 17.7 Å². The lowest BCUT2D eigenvalue weighted by molar-refractivity contribution is 0.708. The SMILES string of the molecule is Cc1ccc(NC2CCn3ccnc32)c(Cl)c1. The van der Waals surface area contributed by atoms with Crippen LogP contribution in [0.25, 0.3) is 0 Å². The molecule has 1 aromatic carbocycles. The number of aromatic nitrogens is 2. The first-order valence-electron chi connectivity index (χ1n) is 5.78. The zero-order valence-electron chi connectivity index (χ0n) is 9.65. The molecule has 0 amide bonds. The Kier molecular flexibility index (Phi) is 2.56. The van der Waals surface area contributed by atoms with Crippen LogP contribution in [0.1, 0.15) is 23.9 Å². The summed E-state index contributed by atoms with van der Waals surface area (Å²) < 4.78 is 2.18. The number of aryl methyl sites for hydroxylation is 2. The van der Waals surface area contributed by atoms with E-state index < -0.39 is 0 Å². The monoisotopic (exact) mass is 247 g/mol. The standard InChI is InChI=1S/C13H14ClN3/c1-9-2-3-11(10(14)8-9)16-12-4-6-17-7-5-15-13(12)17/h2-3,5,7-8,12,16H,4,6H2,1H3. The minimum atomic E-state index is 0.269. The Labute approximate surface area is 105 Å². The normalized spacial score (nSPS) is 18.1. The van der Waals surface area contributed by atoms with Crippen LogP contribution >= 0.6 is 11.6 Å². The van der Waals surface area contributed by atoms with E-state index in [1.807, 2.05) is 31.5 Å². The number of fused-ring (bicyclic) bond motifs is 1. The van der Waals surface area contributed by atoms with Gasteiger partial charge in [0, 0.05) is 18.9 Å². The van der Waals surface area contributed by atoms with E-state index in [0.29, 0.717) is 0 Å². The van der Waals surface area contributed by atoms with E-state index in [2.05, 4.69) is 20.9 Å². The first kappa shape index (κ1) is 10.7. The van der Waals surface area contributed by atoms with Crippen molar-refractivity contribution in [1.29, 1.82) is 0 Å². The van der Waals surface area contributed by atoms with Crippen molar-refractivity contribution >= 4 is 17.3 Å². The Bertz CT molecular complexity index is 547. The van der Waals surface area contributed by atoms with Crippen molar-refractivity contribution in [3.8, 4) is 0 Å². The number of halogens is 1. The Hall–Kier alpha value is -1.48. The lowest BCUT2D eigenvalue weighted by Crippen LogP contribution is -2.08. The third-order valence-corrected chi connectivity index (χ3v) is 3.49. The first-order chi connectivity index (χ1) is 8.24. The molecule has 0 fully saturated rings. The van der Waals surface area contributed by atoms with Gasteiger partial charge in [0.1, 0.15) is 5.82 Å². The van der Waals surface area contributed by atoms with Crippen LogP contribution in [0.2, 0.25) is 5.02 Å². The summed E-state index contributed by atoms with van der Waals surface area (Å²) in [5.41, 5.74) is 2.16. The predicted octanol–water partition coefficient (Wildman–Crippen LogP) is 3.40. The van der Waals surface area contributed by atoms with E-state index in [1.165, 1.54) is 5.56 Å².